The minimum atomic E-state index is -0.00543. The first-order chi connectivity index (χ1) is 26.1. The second-order valence-corrected chi connectivity index (χ2v) is 14.5. The van der Waals surface area contributed by atoms with Crippen molar-refractivity contribution in [2.24, 2.45) is 9.98 Å². The summed E-state index contributed by atoms with van der Waals surface area (Å²) in [4.78, 5) is 10.3. The lowest BCUT2D eigenvalue weighted by Gasteiger charge is -2.39. The summed E-state index contributed by atoms with van der Waals surface area (Å²) in [6.45, 7) is 6.55. The number of hydrogen-bond donors (Lipinski definition) is 0. The normalized spacial score (nSPS) is 16.0. The van der Waals surface area contributed by atoms with Crippen molar-refractivity contribution in [1.82, 2.24) is 0 Å². The molecule has 6 aromatic rings. The number of nitrogens with zero attached hydrogens (tertiary/aromatic N) is 2. The molecule has 0 aliphatic heterocycles. The number of fused-ring (bicyclic) bond motifs is 1. The van der Waals surface area contributed by atoms with E-state index in [9.17, 15) is 0 Å². The third-order valence-electron chi connectivity index (χ3n) is 11.2. The highest BCUT2D eigenvalue weighted by atomic mass is 14.9. The van der Waals surface area contributed by atoms with Gasteiger partial charge in [0.1, 0.15) is 0 Å². The van der Waals surface area contributed by atoms with E-state index in [0.717, 1.165) is 53.8 Å². The van der Waals surface area contributed by atoms with Gasteiger partial charge in [-0.1, -0.05) is 184 Å². The van der Waals surface area contributed by atoms with Crippen LogP contribution in [0.5, 0.6) is 0 Å². The van der Waals surface area contributed by atoms with E-state index in [-0.39, 0.29) is 5.41 Å². The maximum atomic E-state index is 5.16. The first-order valence-corrected chi connectivity index (χ1v) is 19.1. The quantitative estimate of drug-likeness (QED) is 0.112. The minimum Gasteiger partial charge on any atom is -0.233 e. The summed E-state index contributed by atoms with van der Waals surface area (Å²) in [5.74, 6) is 0.707. The fraction of sp³-hybridized carbons (Fsp3) is 0.176. The Morgan fingerprint density at radius 2 is 1.21 bits per heavy atom. The Balaban J connectivity index is 1.08. The zero-order valence-electron chi connectivity index (χ0n) is 30.6. The van der Waals surface area contributed by atoms with Crippen LogP contribution < -0.4 is 0 Å². The lowest BCUT2D eigenvalue weighted by Crippen LogP contribution is -2.30. The average Bonchev–Trinajstić information content (AvgIpc) is 3.24. The van der Waals surface area contributed by atoms with Crippen molar-refractivity contribution < 1.29 is 0 Å². The molecule has 0 heterocycles. The summed E-state index contributed by atoms with van der Waals surface area (Å²) in [6.07, 6.45) is 14.7. The Labute approximate surface area is 314 Å². The van der Waals surface area contributed by atoms with Crippen molar-refractivity contribution in [2.75, 3.05) is 0 Å². The molecule has 0 atom stereocenters. The topological polar surface area (TPSA) is 24.7 Å². The van der Waals surface area contributed by atoms with Crippen LogP contribution >= 0.6 is 0 Å². The maximum Gasteiger partial charge on any atom is 0.159 e. The molecule has 0 bridgehead atoms. The fourth-order valence-corrected chi connectivity index (χ4v) is 8.26. The van der Waals surface area contributed by atoms with Crippen LogP contribution in [0.1, 0.15) is 74.1 Å². The first kappa shape index (κ1) is 34.2. The molecule has 1 saturated carbocycles. The van der Waals surface area contributed by atoms with Crippen molar-refractivity contribution in [1.29, 1.82) is 0 Å². The van der Waals surface area contributed by atoms with Gasteiger partial charge >= 0.3 is 0 Å². The SMILES string of the molecule is C=C(/N=C(\N=C(/C)c1cccc2ccccc12)C1=CCCC=C1)c1ccc(C2(c3ccc(-c4cccc(-c5ccccc5)c4)cc3)CCCCC2)cc1. The number of rotatable bonds is 8. The lowest BCUT2D eigenvalue weighted by molar-refractivity contribution is 0.346. The molecule has 2 heteroatoms. The summed E-state index contributed by atoms with van der Waals surface area (Å²) in [5.41, 5.74) is 12.6. The van der Waals surface area contributed by atoms with Gasteiger partial charge in [0.2, 0.25) is 0 Å². The van der Waals surface area contributed by atoms with Crippen molar-refractivity contribution in [3.63, 3.8) is 0 Å². The van der Waals surface area contributed by atoms with Crippen LogP contribution in [0.3, 0.4) is 0 Å². The molecule has 8 rings (SSSR count). The average molecular weight is 687 g/mol. The third-order valence-corrected chi connectivity index (χ3v) is 11.2. The molecule has 0 radical (unpaired) electrons. The van der Waals surface area contributed by atoms with Gasteiger partial charge in [-0.2, -0.15) is 0 Å². The molecule has 53 heavy (non-hydrogen) atoms. The van der Waals surface area contributed by atoms with Gasteiger partial charge in [-0.25, -0.2) is 9.98 Å². The first-order valence-electron chi connectivity index (χ1n) is 19.1. The summed E-state index contributed by atoms with van der Waals surface area (Å²) < 4.78 is 0. The van der Waals surface area contributed by atoms with Crippen LogP contribution in [0.25, 0.3) is 38.7 Å². The van der Waals surface area contributed by atoms with Crippen LogP contribution in [0.15, 0.2) is 186 Å². The monoisotopic (exact) mass is 686 g/mol. The molecule has 0 unspecified atom stereocenters. The molecule has 0 spiro atoms. The number of aliphatic imine (C=N–C) groups is 2. The fourth-order valence-electron chi connectivity index (χ4n) is 8.26. The van der Waals surface area contributed by atoms with E-state index >= 15 is 0 Å². The van der Waals surface area contributed by atoms with Gasteiger partial charge in [-0.15, -0.1) is 0 Å². The molecule has 2 aliphatic carbocycles. The highest BCUT2D eigenvalue weighted by Crippen LogP contribution is 2.45. The summed E-state index contributed by atoms with van der Waals surface area (Å²) in [5, 5.41) is 2.40. The van der Waals surface area contributed by atoms with Gasteiger partial charge in [0.25, 0.3) is 0 Å². The van der Waals surface area contributed by atoms with Crippen LogP contribution in [-0.4, -0.2) is 11.5 Å². The second kappa shape index (κ2) is 15.4. The van der Waals surface area contributed by atoms with Crippen molar-refractivity contribution >= 4 is 28.0 Å². The minimum absolute atomic E-state index is 0.00543. The number of allylic oxidation sites excluding steroid dienone is 2. The predicted molar refractivity (Wildman–Crippen MR) is 227 cm³/mol. The van der Waals surface area contributed by atoms with Crippen molar-refractivity contribution in [3.8, 4) is 22.3 Å². The standard InChI is InChI=1S/C51H46N2/c1-37(52-50(43-19-8-4-9-20-43)53-38(2)48-25-15-21-42-18-10-11-24-49(42)48)39-26-30-46(31-27-39)51(34-12-5-13-35-51)47-32-28-41(29-33-47)45-23-14-22-44(36-45)40-16-6-3-7-17-40/h3,6-8,10-11,14-33,36H,1,4-5,9,12-13,34-35H2,2H3/b52-50-,53-38+. The molecule has 260 valence electrons. The second-order valence-electron chi connectivity index (χ2n) is 14.5. The van der Waals surface area contributed by atoms with E-state index in [2.05, 4.69) is 177 Å². The largest absolute Gasteiger partial charge is 0.233 e. The van der Waals surface area contributed by atoms with Crippen LogP contribution in [0.4, 0.5) is 0 Å². The van der Waals surface area contributed by atoms with Crippen molar-refractivity contribution in [2.45, 2.75) is 57.3 Å². The van der Waals surface area contributed by atoms with E-state index in [1.807, 2.05) is 0 Å². The molecular weight excluding hydrogens is 641 g/mol. The summed E-state index contributed by atoms with van der Waals surface area (Å²) in [7, 11) is 0. The third kappa shape index (κ3) is 7.28. The maximum absolute atomic E-state index is 5.16. The van der Waals surface area contributed by atoms with Gasteiger partial charge in [-0.05, 0) is 88.4 Å². The molecule has 0 saturated heterocycles. The molecule has 2 aliphatic rings. The van der Waals surface area contributed by atoms with Crippen molar-refractivity contribution in [3.05, 3.63) is 198 Å². The van der Waals surface area contributed by atoms with Crippen LogP contribution in [0, 0.1) is 0 Å². The number of amidine groups is 1. The van der Waals surface area contributed by atoms with E-state index in [1.54, 1.807) is 0 Å². The molecule has 0 N–H and O–H groups in total. The van der Waals surface area contributed by atoms with Gasteiger partial charge < -0.3 is 0 Å². The highest BCUT2D eigenvalue weighted by Gasteiger charge is 2.35. The predicted octanol–water partition coefficient (Wildman–Crippen LogP) is 13.6. The Hall–Kier alpha value is -5.86. The van der Waals surface area contributed by atoms with Gasteiger partial charge in [-0.3, -0.25) is 0 Å². The van der Waals surface area contributed by atoms with E-state index in [4.69, 9.17) is 9.98 Å². The Morgan fingerprint density at radius 3 is 1.92 bits per heavy atom. The lowest BCUT2D eigenvalue weighted by atomic mass is 9.65. The number of hydrogen-bond acceptors (Lipinski definition) is 1. The van der Waals surface area contributed by atoms with E-state index in [0.29, 0.717) is 5.84 Å². The summed E-state index contributed by atoms with van der Waals surface area (Å²) >= 11 is 0. The Bertz CT molecular complexity index is 2360. The van der Waals surface area contributed by atoms with E-state index in [1.165, 1.54) is 63.4 Å². The molecule has 0 aromatic heterocycles. The van der Waals surface area contributed by atoms with Crippen LogP contribution in [0.2, 0.25) is 0 Å². The smallest absolute Gasteiger partial charge is 0.159 e. The summed E-state index contributed by atoms with van der Waals surface area (Å²) in [6, 6.07) is 52.8. The molecule has 6 aromatic carbocycles. The number of benzene rings is 6. The Kier molecular flexibility index (Phi) is 9.95. The molecule has 2 nitrogen and oxygen atoms in total. The van der Waals surface area contributed by atoms with Gasteiger partial charge in [0.05, 0.1) is 5.70 Å². The molecule has 1 fully saturated rings. The Morgan fingerprint density at radius 1 is 0.585 bits per heavy atom. The van der Waals surface area contributed by atoms with Gasteiger partial charge in [0.15, 0.2) is 5.84 Å². The van der Waals surface area contributed by atoms with Crippen LogP contribution in [-0.2, 0) is 5.41 Å². The van der Waals surface area contributed by atoms with Gasteiger partial charge in [0, 0.05) is 22.3 Å². The zero-order valence-corrected chi connectivity index (χ0v) is 30.6. The van der Waals surface area contributed by atoms with E-state index < -0.39 is 0 Å². The molecule has 0 amide bonds. The highest BCUT2D eigenvalue weighted by molar-refractivity contribution is 6.17. The zero-order chi connectivity index (χ0) is 36.0. The molecular formula is C51H46N2.